The van der Waals surface area contributed by atoms with E-state index in [0.29, 0.717) is 22.9 Å². The van der Waals surface area contributed by atoms with Crippen LogP contribution in [0.15, 0.2) is 12.1 Å². The van der Waals surface area contributed by atoms with E-state index in [0.717, 1.165) is 0 Å². The van der Waals surface area contributed by atoms with Crippen LogP contribution in [0.25, 0.3) is 0 Å². The molecule has 0 bridgehead atoms. The van der Waals surface area contributed by atoms with E-state index in [-0.39, 0.29) is 11.1 Å². The van der Waals surface area contributed by atoms with Gasteiger partial charge in [-0.2, -0.15) is 11.8 Å². The fraction of sp³-hybridized carbons (Fsp3) is 0.538. The lowest BCUT2D eigenvalue weighted by atomic mass is 10.1. The Balaban J connectivity index is 2.73. The Morgan fingerprint density at radius 1 is 1.42 bits per heavy atom. The predicted molar refractivity (Wildman–Crippen MR) is 81.8 cm³/mol. The second-order valence-corrected chi connectivity index (χ2v) is 6.50. The van der Waals surface area contributed by atoms with Crippen LogP contribution in [-0.4, -0.2) is 29.3 Å². The maximum atomic E-state index is 13.4. The molecule has 0 heterocycles. The molecule has 0 amide bonds. The highest BCUT2D eigenvalue weighted by molar-refractivity contribution is 7.98. The normalized spacial score (nSPS) is 16.2. The fourth-order valence-electron chi connectivity index (χ4n) is 1.71. The van der Waals surface area contributed by atoms with E-state index in [2.05, 4.69) is 5.32 Å². The Labute approximate surface area is 127 Å². The first-order valence-electron chi connectivity index (χ1n) is 5.86. The first kappa shape index (κ1) is 17.1. The predicted octanol–water partition coefficient (Wildman–Crippen LogP) is 3.90. The largest absolute Gasteiger partial charge is 0.388 e. The Morgan fingerprint density at radius 3 is 2.63 bits per heavy atom. The Bertz CT molecular complexity index is 443. The molecule has 0 saturated heterocycles. The van der Waals surface area contributed by atoms with Gasteiger partial charge < -0.3 is 10.4 Å². The number of aliphatic hydroxyl groups is 1. The monoisotopic (exact) mass is 325 g/mol. The van der Waals surface area contributed by atoms with Crippen molar-refractivity contribution < 1.29 is 9.50 Å². The van der Waals surface area contributed by atoms with Crippen LogP contribution in [0.1, 0.15) is 25.5 Å². The molecule has 2 atom stereocenters. The van der Waals surface area contributed by atoms with Crippen LogP contribution < -0.4 is 5.32 Å². The zero-order valence-corrected chi connectivity index (χ0v) is 13.5. The van der Waals surface area contributed by atoms with Gasteiger partial charge in [-0.15, -0.1) is 0 Å². The average Bonchev–Trinajstić information content (AvgIpc) is 2.31. The molecule has 2 nitrogen and oxygen atoms in total. The van der Waals surface area contributed by atoms with Gasteiger partial charge in [-0.3, -0.25) is 0 Å². The van der Waals surface area contributed by atoms with Crippen molar-refractivity contribution in [3.8, 4) is 0 Å². The Hall–Kier alpha value is -0.0000000000000000555. The van der Waals surface area contributed by atoms with Crippen molar-refractivity contribution in [3.05, 3.63) is 33.6 Å². The quantitative estimate of drug-likeness (QED) is 0.778. The van der Waals surface area contributed by atoms with Crippen LogP contribution in [0.3, 0.4) is 0 Å². The molecule has 1 rings (SSSR count). The van der Waals surface area contributed by atoms with Crippen molar-refractivity contribution in [2.24, 2.45) is 0 Å². The second kappa shape index (κ2) is 7.14. The number of hydrogen-bond donors (Lipinski definition) is 2. The highest BCUT2D eigenvalue weighted by Crippen LogP contribution is 2.28. The summed E-state index contributed by atoms with van der Waals surface area (Å²) in [5.74, 6) is 0.126. The van der Waals surface area contributed by atoms with Crippen LogP contribution in [0, 0.1) is 5.82 Å². The Morgan fingerprint density at radius 2 is 2.05 bits per heavy atom. The van der Waals surface area contributed by atoms with Crippen LogP contribution in [0.4, 0.5) is 4.39 Å². The number of nitrogens with one attached hydrogen (secondary N) is 1. The van der Waals surface area contributed by atoms with Crippen LogP contribution in [0.2, 0.25) is 10.0 Å². The van der Waals surface area contributed by atoms with Gasteiger partial charge in [-0.1, -0.05) is 23.2 Å². The SMILES string of the molecule is CSCC(C)(O)CNC(C)c1cc(F)c(Cl)cc1Cl. The molecule has 1 aromatic rings. The number of halogens is 3. The molecular weight excluding hydrogens is 308 g/mol. The summed E-state index contributed by atoms with van der Waals surface area (Å²) in [4.78, 5) is 0. The molecular formula is C13H18Cl2FNOS. The molecule has 0 saturated carbocycles. The van der Waals surface area contributed by atoms with Gasteiger partial charge in [0.05, 0.1) is 10.6 Å². The topological polar surface area (TPSA) is 32.3 Å². The molecule has 0 spiro atoms. The summed E-state index contributed by atoms with van der Waals surface area (Å²) < 4.78 is 13.4. The van der Waals surface area contributed by atoms with Crippen molar-refractivity contribution in [2.75, 3.05) is 18.6 Å². The molecule has 0 radical (unpaired) electrons. The highest BCUT2D eigenvalue weighted by atomic mass is 35.5. The molecule has 108 valence electrons. The molecule has 0 fully saturated rings. The minimum Gasteiger partial charge on any atom is -0.388 e. The van der Waals surface area contributed by atoms with Gasteiger partial charge in [-0.25, -0.2) is 4.39 Å². The van der Waals surface area contributed by atoms with Gasteiger partial charge in [-0.05, 0) is 37.8 Å². The van der Waals surface area contributed by atoms with E-state index in [1.165, 1.54) is 12.1 Å². The number of rotatable bonds is 6. The summed E-state index contributed by atoms with van der Waals surface area (Å²) in [6, 6.07) is 2.55. The van der Waals surface area contributed by atoms with E-state index in [4.69, 9.17) is 23.2 Å². The molecule has 1 aromatic carbocycles. The minimum absolute atomic E-state index is 0.00956. The van der Waals surface area contributed by atoms with Gasteiger partial charge in [0.25, 0.3) is 0 Å². The summed E-state index contributed by atoms with van der Waals surface area (Å²) in [5, 5.41) is 13.6. The molecule has 0 aliphatic rings. The van der Waals surface area contributed by atoms with E-state index >= 15 is 0 Å². The first-order chi connectivity index (χ1) is 8.76. The summed E-state index contributed by atoms with van der Waals surface area (Å²) in [5.41, 5.74) is -0.186. The van der Waals surface area contributed by atoms with Crippen molar-refractivity contribution in [2.45, 2.75) is 25.5 Å². The molecule has 2 unspecified atom stereocenters. The summed E-state index contributed by atoms with van der Waals surface area (Å²) in [7, 11) is 0. The van der Waals surface area contributed by atoms with E-state index in [9.17, 15) is 9.50 Å². The number of hydrogen-bond acceptors (Lipinski definition) is 3. The fourth-order valence-corrected chi connectivity index (χ4v) is 2.99. The smallest absolute Gasteiger partial charge is 0.142 e. The molecule has 19 heavy (non-hydrogen) atoms. The molecule has 0 aromatic heterocycles. The van der Waals surface area contributed by atoms with Crippen molar-refractivity contribution in [1.29, 1.82) is 0 Å². The summed E-state index contributed by atoms with van der Waals surface area (Å²) in [6.45, 7) is 4.02. The third-order valence-corrected chi connectivity index (χ3v) is 4.28. The van der Waals surface area contributed by atoms with E-state index < -0.39 is 11.4 Å². The van der Waals surface area contributed by atoms with Gasteiger partial charge in [0.2, 0.25) is 0 Å². The van der Waals surface area contributed by atoms with Crippen LogP contribution in [-0.2, 0) is 0 Å². The van der Waals surface area contributed by atoms with Gasteiger partial charge in [0.15, 0.2) is 0 Å². The Kier molecular flexibility index (Phi) is 6.40. The summed E-state index contributed by atoms with van der Waals surface area (Å²) in [6.07, 6.45) is 1.93. The van der Waals surface area contributed by atoms with Gasteiger partial charge in [0.1, 0.15) is 5.82 Å². The summed E-state index contributed by atoms with van der Waals surface area (Å²) >= 11 is 13.3. The highest BCUT2D eigenvalue weighted by Gasteiger charge is 2.21. The zero-order valence-electron chi connectivity index (χ0n) is 11.1. The number of thioether (sulfide) groups is 1. The first-order valence-corrected chi connectivity index (χ1v) is 8.01. The lowest BCUT2D eigenvalue weighted by Crippen LogP contribution is -2.40. The van der Waals surface area contributed by atoms with Crippen LogP contribution in [0.5, 0.6) is 0 Å². The molecule has 6 heteroatoms. The van der Waals surface area contributed by atoms with E-state index in [1.807, 2.05) is 13.2 Å². The van der Waals surface area contributed by atoms with Crippen molar-refractivity contribution in [1.82, 2.24) is 5.32 Å². The minimum atomic E-state index is -0.814. The van der Waals surface area contributed by atoms with Crippen molar-refractivity contribution >= 4 is 35.0 Å². The van der Waals surface area contributed by atoms with Gasteiger partial charge >= 0.3 is 0 Å². The van der Waals surface area contributed by atoms with Crippen LogP contribution >= 0.6 is 35.0 Å². The third kappa shape index (κ3) is 5.12. The number of benzene rings is 1. The molecule has 0 aliphatic carbocycles. The maximum Gasteiger partial charge on any atom is 0.142 e. The lowest BCUT2D eigenvalue weighted by molar-refractivity contribution is 0.0820. The van der Waals surface area contributed by atoms with Crippen molar-refractivity contribution in [3.63, 3.8) is 0 Å². The van der Waals surface area contributed by atoms with E-state index in [1.54, 1.807) is 18.7 Å². The third-order valence-electron chi connectivity index (χ3n) is 2.75. The molecule has 2 N–H and O–H groups in total. The average molecular weight is 326 g/mol. The van der Waals surface area contributed by atoms with Gasteiger partial charge in [0, 0.05) is 23.4 Å². The molecule has 0 aliphatic heterocycles. The lowest BCUT2D eigenvalue weighted by Gasteiger charge is -2.25. The zero-order chi connectivity index (χ0) is 14.6. The second-order valence-electron chi connectivity index (χ2n) is 4.82. The standard InChI is InChI=1S/C13H18Cl2FNOS/c1-8(17-6-13(2,18)7-19-3)9-4-12(16)11(15)5-10(9)14/h4-5,8,17-18H,6-7H2,1-3H3. The maximum absolute atomic E-state index is 13.4.